The molecular formula is C18H21N. The van der Waals surface area contributed by atoms with Gasteiger partial charge in [0.1, 0.15) is 0 Å². The van der Waals surface area contributed by atoms with Crippen LogP contribution in [0.25, 0.3) is 0 Å². The molecule has 0 fully saturated rings. The number of hydrogen-bond donors (Lipinski definition) is 1. The highest BCUT2D eigenvalue weighted by Gasteiger charge is 2.25. The zero-order valence-electron chi connectivity index (χ0n) is 11.5. The van der Waals surface area contributed by atoms with E-state index in [2.05, 4.69) is 66.8 Å². The molecule has 0 unspecified atom stereocenters. The fraction of sp³-hybridized carbons (Fsp3) is 0.333. The van der Waals surface area contributed by atoms with Crippen LogP contribution in [0.3, 0.4) is 0 Å². The van der Waals surface area contributed by atoms with Crippen LogP contribution in [-0.4, -0.2) is 0 Å². The van der Waals surface area contributed by atoms with Gasteiger partial charge in [-0.1, -0.05) is 61.5 Å². The minimum Gasteiger partial charge on any atom is -0.306 e. The maximum Gasteiger partial charge on any atom is 0.0351 e. The Labute approximate surface area is 115 Å². The van der Waals surface area contributed by atoms with Crippen LogP contribution in [0.15, 0.2) is 54.6 Å². The zero-order chi connectivity index (χ0) is 13.1. The first kappa shape index (κ1) is 12.4. The van der Waals surface area contributed by atoms with E-state index >= 15 is 0 Å². The topological polar surface area (TPSA) is 12.0 Å². The quantitative estimate of drug-likeness (QED) is 0.866. The lowest BCUT2D eigenvalue weighted by Crippen LogP contribution is -2.30. The van der Waals surface area contributed by atoms with Crippen molar-refractivity contribution in [1.29, 1.82) is 0 Å². The van der Waals surface area contributed by atoms with Crippen molar-refractivity contribution in [3.05, 3.63) is 71.3 Å². The van der Waals surface area contributed by atoms with Crippen molar-refractivity contribution in [2.24, 2.45) is 5.92 Å². The maximum atomic E-state index is 3.74. The molecule has 0 heterocycles. The lowest BCUT2D eigenvalue weighted by Gasteiger charge is -2.32. The molecular weight excluding hydrogens is 230 g/mol. The van der Waals surface area contributed by atoms with Crippen molar-refractivity contribution in [3.8, 4) is 0 Å². The molecule has 0 spiro atoms. The van der Waals surface area contributed by atoms with Gasteiger partial charge < -0.3 is 5.32 Å². The van der Waals surface area contributed by atoms with Crippen molar-refractivity contribution >= 4 is 0 Å². The molecule has 2 aromatic carbocycles. The maximum absolute atomic E-state index is 3.74. The molecule has 0 aliphatic heterocycles. The summed E-state index contributed by atoms with van der Waals surface area (Å²) >= 11 is 0. The largest absolute Gasteiger partial charge is 0.306 e. The number of rotatable bonds is 3. The van der Waals surface area contributed by atoms with Crippen LogP contribution in [0.5, 0.6) is 0 Å². The Hall–Kier alpha value is -1.60. The second kappa shape index (κ2) is 5.58. The van der Waals surface area contributed by atoms with Gasteiger partial charge >= 0.3 is 0 Å². The first-order valence-electron chi connectivity index (χ1n) is 7.19. The van der Waals surface area contributed by atoms with Gasteiger partial charge in [-0.05, 0) is 35.4 Å². The van der Waals surface area contributed by atoms with Gasteiger partial charge in [0.05, 0.1) is 0 Å². The summed E-state index contributed by atoms with van der Waals surface area (Å²) in [4.78, 5) is 0. The molecule has 0 aromatic heterocycles. The molecule has 0 amide bonds. The van der Waals surface area contributed by atoms with Gasteiger partial charge in [-0.15, -0.1) is 0 Å². The van der Waals surface area contributed by atoms with Crippen molar-refractivity contribution in [2.75, 3.05) is 0 Å². The molecule has 2 aromatic rings. The third kappa shape index (κ3) is 2.71. The van der Waals surface area contributed by atoms with Crippen molar-refractivity contribution in [1.82, 2.24) is 5.32 Å². The SMILES string of the molecule is C[C@@H]1CCc2ccccc2[C@H]1NCc1ccccc1. The van der Waals surface area contributed by atoms with Crippen molar-refractivity contribution < 1.29 is 0 Å². The molecule has 2 atom stereocenters. The predicted octanol–water partition coefficient (Wildman–Crippen LogP) is 4.10. The monoisotopic (exact) mass is 251 g/mol. The molecule has 1 aliphatic rings. The average molecular weight is 251 g/mol. The Kier molecular flexibility index (Phi) is 3.65. The average Bonchev–Trinajstić information content (AvgIpc) is 2.47. The summed E-state index contributed by atoms with van der Waals surface area (Å²) in [6, 6.07) is 20.0. The van der Waals surface area contributed by atoms with Crippen LogP contribution in [0.2, 0.25) is 0 Å². The molecule has 0 saturated heterocycles. The Balaban J connectivity index is 1.77. The van der Waals surface area contributed by atoms with E-state index in [1.165, 1.54) is 29.5 Å². The van der Waals surface area contributed by atoms with Gasteiger partial charge in [0.15, 0.2) is 0 Å². The molecule has 1 nitrogen and oxygen atoms in total. The highest BCUT2D eigenvalue weighted by Crippen LogP contribution is 2.34. The van der Waals surface area contributed by atoms with Crippen molar-refractivity contribution in [2.45, 2.75) is 32.4 Å². The Morgan fingerprint density at radius 1 is 1.00 bits per heavy atom. The molecule has 0 bridgehead atoms. The van der Waals surface area contributed by atoms with E-state index in [1.807, 2.05) is 0 Å². The summed E-state index contributed by atoms with van der Waals surface area (Å²) < 4.78 is 0. The smallest absolute Gasteiger partial charge is 0.0351 e. The standard InChI is InChI=1S/C18H21N/c1-14-11-12-16-9-5-6-10-17(16)18(14)19-13-15-7-3-2-4-8-15/h2-10,14,18-19H,11-13H2,1H3/t14-,18+/m1/s1. The van der Waals surface area contributed by atoms with Gasteiger partial charge in [0.25, 0.3) is 0 Å². The summed E-state index contributed by atoms with van der Waals surface area (Å²) in [5.41, 5.74) is 4.38. The normalized spacial score (nSPS) is 21.9. The second-order valence-electron chi connectivity index (χ2n) is 5.56. The third-order valence-electron chi connectivity index (χ3n) is 4.20. The van der Waals surface area contributed by atoms with Crippen LogP contribution in [0.4, 0.5) is 0 Å². The first-order chi connectivity index (χ1) is 9.34. The first-order valence-corrected chi connectivity index (χ1v) is 7.19. The molecule has 1 aliphatic carbocycles. The predicted molar refractivity (Wildman–Crippen MR) is 79.9 cm³/mol. The minimum atomic E-state index is 0.491. The number of fused-ring (bicyclic) bond motifs is 1. The molecule has 0 radical (unpaired) electrons. The van der Waals surface area contributed by atoms with Crippen LogP contribution in [-0.2, 0) is 13.0 Å². The fourth-order valence-electron chi connectivity index (χ4n) is 3.06. The molecule has 0 saturated carbocycles. The lowest BCUT2D eigenvalue weighted by atomic mass is 9.80. The van der Waals surface area contributed by atoms with Gasteiger partial charge in [-0.2, -0.15) is 0 Å². The van der Waals surface area contributed by atoms with Crippen LogP contribution in [0, 0.1) is 5.92 Å². The van der Waals surface area contributed by atoms with Gasteiger partial charge in [0.2, 0.25) is 0 Å². The second-order valence-corrected chi connectivity index (χ2v) is 5.56. The summed E-state index contributed by atoms with van der Waals surface area (Å²) in [5.74, 6) is 0.707. The van der Waals surface area contributed by atoms with Crippen LogP contribution >= 0.6 is 0 Å². The van der Waals surface area contributed by atoms with Gasteiger partial charge in [-0.3, -0.25) is 0 Å². The molecule has 98 valence electrons. The summed E-state index contributed by atoms with van der Waals surface area (Å²) in [5, 5.41) is 3.74. The molecule has 1 N–H and O–H groups in total. The summed E-state index contributed by atoms with van der Waals surface area (Å²) in [6.07, 6.45) is 2.50. The molecule has 3 rings (SSSR count). The Bertz CT molecular complexity index is 532. The fourth-order valence-corrected chi connectivity index (χ4v) is 3.06. The number of nitrogens with one attached hydrogen (secondary N) is 1. The van der Waals surface area contributed by atoms with Gasteiger partial charge in [-0.25, -0.2) is 0 Å². The number of hydrogen-bond acceptors (Lipinski definition) is 1. The third-order valence-corrected chi connectivity index (χ3v) is 4.20. The number of aryl methyl sites for hydroxylation is 1. The lowest BCUT2D eigenvalue weighted by molar-refractivity contribution is 0.343. The molecule has 1 heteroatoms. The number of benzene rings is 2. The highest BCUT2D eigenvalue weighted by atomic mass is 14.9. The Morgan fingerprint density at radius 2 is 1.74 bits per heavy atom. The molecule has 19 heavy (non-hydrogen) atoms. The highest BCUT2D eigenvalue weighted by molar-refractivity contribution is 5.33. The van der Waals surface area contributed by atoms with E-state index in [0.29, 0.717) is 12.0 Å². The van der Waals surface area contributed by atoms with E-state index in [-0.39, 0.29) is 0 Å². The zero-order valence-corrected chi connectivity index (χ0v) is 11.5. The van der Waals surface area contributed by atoms with E-state index in [4.69, 9.17) is 0 Å². The van der Waals surface area contributed by atoms with E-state index in [0.717, 1.165) is 6.54 Å². The van der Waals surface area contributed by atoms with Crippen LogP contribution in [0.1, 0.15) is 36.1 Å². The van der Waals surface area contributed by atoms with E-state index < -0.39 is 0 Å². The van der Waals surface area contributed by atoms with Crippen molar-refractivity contribution in [3.63, 3.8) is 0 Å². The summed E-state index contributed by atoms with van der Waals surface area (Å²) in [6.45, 7) is 3.31. The summed E-state index contributed by atoms with van der Waals surface area (Å²) in [7, 11) is 0. The Morgan fingerprint density at radius 3 is 2.58 bits per heavy atom. The van der Waals surface area contributed by atoms with E-state index in [9.17, 15) is 0 Å². The minimum absolute atomic E-state index is 0.491. The van der Waals surface area contributed by atoms with Gasteiger partial charge in [0, 0.05) is 12.6 Å². The van der Waals surface area contributed by atoms with Crippen LogP contribution < -0.4 is 5.32 Å². The van der Waals surface area contributed by atoms with E-state index in [1.54, 1.807) is 0 Å².